The van der Waals surface area contributed by atoms with Gasteiger partial charge in [-0.2, -0.15) is 5.10 Å². The lowest BCUT2D eigenvalue weighted by Crippen LogP contribution is -2.14. The van der Waals surface area contributed by atoms with Crippen LogP contribution in [0, 0.1) is 0 Å². The minimum absolute atomic E-state index is 0.0204. The molecule has 2 N–H and O–H groups in total. The lowest BCUT2D eigenvalue weighted by molar-refractivity contribution is 0.100. The number of amides is 1. The molecule has 1 aromatic heterocycles. The molecule has 0 saturated carbocycles. The average Bonchev–Trinajstić information content (AvgIpc) is 3.26. The van der Waals surface area contributed by atoms with Crippen LogP contribution in [0.4, 0.5) is 5.69 Å². The minimum Gasteiger partial charge on any atom is -0.380 e. The van der Waals surface area contributed by atoms with Gasteiger partial charge in [0.15, 0.2) is 0 Å². The van der Waals surface area contributed by atoms with Gasteiger partial charge >= 0.3 is 0 Å². The topological polar surface area (TPSA) is 68.2 Å². The van der Waals surface area contributed by atoms with Crippen molar-refractivity contribution in [2.75, 3.05) is 12.4 Å². The van der Waals surface area contributed by atoms with Crippen LogP contribution in [0.2, 0.25) is 5.02 Å². The quantitative estimate of drug-likeness (QED) is 0.705. The number of benzene rings is 2. The van der Waals surface area contributed by atoms with Gasteiger partial charge < -0.3 is 15.4 Å². The number of carbonyl (C=O) groups excluding carboxylic acids is 1. The van der Waals surface area contributed by atoms with Crippen LogP contribution < -0.4 is 10.6 Å². The molecule has 0 saturated heterocycles. The highest BCUT2D eigenvalue weighted by Gasteiger charge is 2.17. The fourth-order valence-electron chi connectivity index (χ4n) is 3.33. The number of fused-ring (bicyclic) bond motifs is 2. The molecule has 2 heterocycles. The van der Waals surface area contributed by atoms with Gasteiger partial charge in [0.05, 0.1) is 23.7 Å². The van der Waals surface area contributed by atoms with Crippen molar-refractivity contribution >= 4 is 34.1 Å². The number of nitrogens with one attached hydrogen (secondary N) is 2. The fourth-order valence-corrected chi connectivity index (χ4v) is 3.54. The largest absolute Gasteiger partial charge is 0.380 e. The normalized spacial score (nSPS) is 14.3. The van der Waals surface area contributed by atoms with Crippen LogP contribution in [0.15, 0.2) is 36.5 Å². The van der Waals surface area contributed by atoms with Gasteiger partial charge in [0, 0.05) is 42.5 Å². The predicted molar refractivity (Wildman–Crippen MR) is 106 cm³/mol. The molecule has 140 valence electrons. The number of hydrogen-bond donors (Lipinski definition) is 2. The van der Waals surface area contributed by atoms with Crippen LogP contribution in [0.3, 0.4) is 0 Å². The monoisotopic (exact) mass is 384 g/mol. The van der Waals surface area contributed by atoms with E-state index in [1.54, 1.807) is 23.9 Å². The van der Waals surface area contributed by atoms with Gasteiger partial charge in [-0.15, -0.1) is 0 Å². The summed E-state index contributed by atoms with van der Waals surface area (Å²) in [5.41, 5.74) is 4.45. The third kappa shape index (κ3) is 3.69. The van der Waals surface area contributed by atoms with Crippen molar-refractivity contribution < 1.29 is 9.53 Å². The molecule has 0 fully saturated rings. The molecule has 27 heavy (non-hydrogen) atoms. The molecule has 0 unspecified atom stereocenters. The smallest absolute Gasteiger partial charge is 0.256 e. The van der Waals surface area contributed by atoms with E-state index in [1.165, 1.54) is 11.1 Å². The van der Waals surface area contributed by atoms with Crippen LogP contribution >= 0.6 is 11.6 Å². The summed E-state index contributed by atoms with van der Waals surface area (Å²) >= 11 is 6.23. The van der Waals surface area contributed by atoms with Crippen LogP contribution in [0.5, 0.6) is 0 Å². The Morgan fingerprint density at radius 3 is 2.96 bits per heavy atom. The van der Waals surface area contributed by atoms with Gasteiger partial charge in [0.2, 0.25) is 0 Å². The molecular formula is C20H21ClN4O2. The number of carbonyl (C=O) groups is 1. The molecule has 0 radical (unpaired) electrons. The Labute approximate surface area is 162 Å². The zero-order valence-electron chi connectivity index (χ0n) is 15.3. The zero-order valence-corrected chi connectivity index (χ0v) is 16.0. The summed E-state index contributed by atoms with van der Waals surface area (Å²) in [5, 5.41) is 12.1. The van der Waals surface area contributed by atoms with Crippen molar-refractivity contribution in [2.45, 2.75) is 32.7 Å². The molecule has 1 amide bonds. The maximum atomic E-state index is 12.9. The molecule has 1 aliphatic heterocycles. The number of anilines is 1. The molecule has 1 aliphatic rings. The van der Waals surface area contributed by atoms with E-state index in [9.17, 15) is 4.79 Å². The third-order valence-corrected chi connectivity index (χ3v) is 5.04. The second kappa shape index (κ2) is 7.31. The molecule has 2 aromatic carbocycles. The van der Waals surface area contributed by atoms with E-state index in [1.807, 2.05) is 31.3 Å². The highest BCUT2D eigenvalue weighted by molar-refractivity contribution is 6.32. The number of rotatable bonds is 5. The zero-order chi connectivity index (χ0) is 19.0. The first-order valence-electron chi connectivity index (χ1n) is 8.87. The maximum absolute atomic E-state index is 12.9. The third-order valence-electron chi connectivity index (χ3n) is 4.82. The van der Waals surface area contributed by atoms with E-state index in [0.717, 1.165) is 24.2 Å². The lowest BCUT2D eigenvalue weighted by Gasteiger charge is -2.09. The first kappa shape index (κ1) is 18.0. The van der Waals surface area contributed by atoms with Gasteiger partial charge in [0.1, 0.15) is 0 Å². The maximum Gasteiger partial charge on any atom is 0.256 e. The summed E-state index contributed by atoms with van der Waals surface area (Å²) in [4.78, 5) is 12.9. The van der Waals surface area contributed by atoms with Crippen molar-refractivity contribution in [3.63, 3.8) is 0 Å². The minimum atomic E-state index is -0.201. The average molecular weight is 385 g/mol. The SMILES string of the molecule is CO[C@H](C)Cn1cc2c(C(=O)Nc3ccc4c(c3)CNC4)cc(Cl)cc2n1. The Hall–Kier alpha value is -2.41. The van der Waals surface area contributed by atoms with E-state index < -0.39 is 0 Å². The molecule has 0 bridgehead atoms. The van der Waals surface area contributed by atoms with E-state index in [4.69, 9.17) is 16.3 Å². The second-order valence-corrected chi connectivity index (χ2v) is 7.26. The molecule has 6 nitrogen and oxygen atoms in total. The van der Waals surface area contributed by atoms with Crippen molar-refractivity contribution in [2.24, 2.45) is 0 Å². The van der Waals surface area contributed by atoms with Crippen molar-refractivity contribution in [3.8, 4) is 0 Å². The number of halogens is 1. The molecular weight excluding hydrogens is 364 g/mol. The molecule has 4 rings (SSSR count). The number of aromatic nitrogens is 2. The highest BCUT2D eigenvalue weighted by Crippen LogP contribution is 2.25. The van der Waals surface area contributed by atoms with Gasteiger partial charge in [0.25, 0.3) is 5.91 Å². The summed E-state index contributed by atoms with van der Waals surface area (Å²) in [5.74, 6) is -0.201. The van der Waals surface area contributed by atoms with Crippen LogP contribution in [0.25, 0.3) is 10.9 Å². The first-order chi connectivity index (χ1) is 13.0. The molecule has 0 spiro atoms. The molecule has 7 heteroatoms. The summed E-state index contributed by atoms with van der Waals surface area (Å²) in [6.45, 7) is 4.26. The van der Waals surface area contributed by atoms with E-state index in [-0.39, 0.29) is 12.0 Å². The second-order valence-electron chi connectivity index (χ2n) is 6.82. The van der Waals surface area contributed by atoms with Crippen molar-refractivity contribution in [3.05, 3.63) is 58.2 Å². The summed E-state index contributed by atoms with van der Waals surface area (Å²) in [7, 11) is 1.66. The van der Waals surface area contributed by atoms with Crippen LogP contribution in [-0.2, 0) is 24.4 Å². The predicted octanol–water partition coefficient (Wildman–Crippen LogP) is 3.58. The lowest BCUT2D eigenvalue weighted by atomic mass is 10.1. The molecule has 0 aliphatic carbocycles. The number of nitrogens with zero attached hydrogens (tertiary/aromatic N) is 2. The number of ether oxygens (including phenoxy) is 1. The Balaban J connectivity index is 1.64. The van der Waals surface area contributed by atoms with Gasteiger partial charge in [-0.25, -0.2) is 0 Å². The Morgan fingerprint density at radius 1 is 1.33 bits per heavy atom. The van der Waals surface area contributed by atoms with E-state index in [0.29, 0.717) is 22.6 Å². The first-order valence-corrected chi connectivity index (χ1v) is 9.24. The number of hydrogen-bond acceptors (Lipinski definition) is 4. The summed E-state index contributed by atoms with van der Waals surface area (Å²) < 4.78 is 7.08. The fraction of sp³-hybridized carbons (Fsp3) is 0.300. The Morgan fingerprint density at radius 2 is 2.15 bits per heavy atom. The van der Waals surface area contributed by atoms with E-state index in [2.05, 4.69) is 15.7 Å². The van der Waals surface area contributed by atoms with Crippen LogP contribution in [0.1, 0.15) is 28.4 Å². The Kier molecular flexibility index (Phi) is 4.86. The van der Waals surface area contributed by atoms with Gasteiger partial charge in [-0.05, 0) is 42.3 Å². The van der Waals surface area contributed by atoms with Crippen molar-refractivity contribution in [1.29, 1.82) is 0 Å². The van der Waals surface area contributed by atoms with E-state index >= 15 is 0 Å². The van der Waals surface area contributed by atoms with Gasteiger partial charge in [-0.1, -0.05) is 17.7 Å². The standard InChI is InChI=1S/C20H21ClN4O2/c1-12(27-2)10-25-11-18-17(6-15(21)7-19(18)24-25)20(26)23-16-4-3-13-8-22-9-14(13)5-16/h3-7,11-12,22H,8-10H2,1-2H3,(H,23,26)/t12-/m1/s1. The Bertz CT molecular complexity index is 1010. The van der Waals surface area contributed by atoms with Crippen LogP contribution in [-0.4, -0.2) is 28.9 Å². The summed E-state index contributed by atoms with van der Waals surface area (Å²) in [6, 6.07) is 9.43. The van der Waals surface area contributed by atoms with Gasteiger partial charge in [-0.3, -0.25) is 9.48 Å². The summed E-state index contributed by atoms with van der Waals surface area (Å²) in [6.07, 6.45) is 1.88. The van der Waals surface area contributed by atoms with Crippen molar-refractivity contribution in [1.82, 2.24) is 15.1 Å². The highest BCUT2D eigenvalue weighted by atomic mass is 35.5. The molecule has 1 atom stereocenters. The number of methoxy groups -OCH3 is 1. The molecule has 3 aromatic rings.